The monoisotopic (exact) mass is 495 g/mol. The average Bonchev–Trinajstić information content (AvgIpc) is 3.19. The molecule has 0 aliphatic heterocycles. The van der Waals surface area contributed by atoms with Crippen LogP contribution in [0.3, 0.4) is 0 Å². The first-order valence-electron chi connectivity index (χ1n) is 10.1. The number of anilines is 1. The molecule has 2 aromatic heterocycles. The van der Waals surface area contributed by atoms with Crippen LogP contribution in [-0.2, 0) is 6.61 Å². The fourth-order valence-electron chi connectivity index (χ4n) is 3.23. The largest absolute Gasteiger partial charge is 0.487 e. The minimum absolute atomic E-state index is 0.0826. The molecule has 0 saturated heterocycles. The number of fused-ring (bicyclic) bond motifs is 1. The summed E-state index contributed by atoms with van der Waals surface area (Å²) in [6.07, 6.45) is 1.60. The zero-order chi connectivity index (χ0) is 22.8. The summed E-state index contributed by atoms with van der Waals surface area (Å²) in [6.45, 7) is 5.95. The number of rotatable bonds is 6. The van der Waals surface area contributed by atoms with Gasteiger partial charge in [-0.15, -0.1) is 0 Å². The van der Waals surface area contributed by atoms with Crippen molar-refractivity contribution in [3.8, 4) is 5.75 Å². The van der Waals surface area contributed by atoms with Crippen molar-refractivity contribution in [1.29, 1.82) is 0 Å². The van der Waals surface area contributed by atoms with Crippen LogP contribution < -0.4 is 15.6 Å². The van der Waals surface area contributed by atoms with Gasteiger partial charge in [0.1, 0.15) is 18.7 Å². The second-order valence-electron chi connectivity index (χ2n) is 7.65. The Morgan fingerprint density at radius 1 is 1.19 bits per heavy atom. The van der Waals surface area contributed by atoms with Crippen LogP contribution in [0.2, 0.25) is 0 Å². The van der Waals surface area contributed by atoms with E-state index in [1.807, 2.05) is 39.0 Å². The van der Waals surface area contributed by atoms with E-state index in [1.165, 1.54) is 10.6 Å². The fourth-order valence-corrected chi connectivity index (χ4v) is 3.63. The topological polar surface area (TPSA) is 90.5 Å². The van der Waals surface area contributed by atoms with Gasteiger partial charge in [0.25, 0.3) is 17.2 Å². The number of ether oxygens (including phenoxy) is 1. The molecule has 4 aromatic rings. The Morgan fingerprint density at radius 3 is 2.75 bits per heavy atom. The molecule has 0 atom stereocenters. The van der Waals surface area contributed by atoms with Gasteiger partial charge in [-0.1, -0.05) is 28.1 Å². The molecule has 4 rings (SSSR count). The molecule has 0 spiro atoms. The van der Waals surface area contributed by atoms with Crippen LogP contribution >= 0.6 is 15.9 Å². The molecule has 0 radical (unpaired) electrons. The summed E-state index contributed by atoms with van der Waals surface area (Å²) in [5.74, 6) is 0.699. The molecule has 1 N–H and O–H groups in total. The van der Waals surface area contributed by atoms with Gasteiger partial charge in [0.05, 0.1) is 5.69 Å². The standard InChI is InChI=1S/C23H22BrN5O3/c1-14(2)28-13-25-23-27-19(11-21(30)29(23)28)12-32-20-10-18(8-7-15(20)3)26-22(31)16-5-4-6-17(24)9-16/h4-11,13-14H,12H2,1-3H3,(H,26,31). The number of hydrogen-bond acceptors (Lipinski definition) is 5. The summed E-state index contributed by atoms with van der Waals surface area (Å²) >= 11 is 3.37. The summed E-state index contributed by atoms with van der Waals surface area (Å²) in [4.78, 5) is 33.7. The highest BCUT2D eigenvalue weighted by Gasteiger charge is 2.12. The third kappa shape index (κ3) is 4.57. The SMILES string of the molecule is Cc1ccc(NC(=O)c2cccc(Br)c2)cc1OCc1cc(=O)n2c(ncn2C(C)C)n1. The van der Waals surface area contributed by atoms with Gasteiger partial charge in [-0.2, -0.15) is 9.50 Å². The second kappa shape index (κ2) is 8.96. The molecule has 0 aliphatic carbocycles. The summed E-state index contributed by atoms with van der Waals surface area (Å²) in [7, 11) is 0. The van der Waals surface area contributed by atoms with Gasteiger partial charge in [0.15, 0.2) is 0 Å². The lowest BCUT2D eigenvalue weighted by Crippen LogP contribution is -2.23. The van der Waals surface area contributed by atoms with E-state index in [9.17, 15) is 9.59 Å². The number of hydrogen-bond donors (Lipinski definition) is 1. The van der Waals surface area contributed by atoms with Gasteiger partial charge in [0.2, 0.25) is 0 Å². The van der Waals surface area contributed by atoms with Gasteiger partial charge in [-0.25, -0.2) is 4.98 Å². The van der Waals surface area contributed by atoms with Crippen molar-refractivity contribution in [2.45, 2.75) is 33.4 Å². The molecule has 1 amide bonds. The summed E-state index contributed by atoms with van der Waals surface area (Å²) < 4.78 is 9.93. The number of halogens is 1. The number of amides is 1. The lowest BCUT2D eigenvalue weighted by molar-refractivity contribution is 0.102. The highest BCUT2D eigenvalue weighted by atomic mass is 79.9. The zero-order valence-electron chi connectivity index (χ0n) is 17.9. The minimum atomic E-state index is -0.220. The molecule has 0 aliphatic rings. The molecule has 2 heterocycles. The Morgan fingerprint density at radius 2 is 2.00 bits per heavy atom. The Kier molecular flexibility index (Phi) is 6.09. The summed E-state index contributed by atoms with van der Waals surface area (Å²) in [5, 5.41) is 2.88. The van der Waals surface area contributed by atoms with Gasteiger partial charge < -0.3 is 10.1 Å². The number of nitrogens with zero attached hydrogens (tertiary/aromatic N) is 4. The minimum Gasteiger partial charge on any atom is -0.487 e. The van der Waals surface area contributed by atoms with Crippen LogP contribution in [0.15, 0.2) is 64.1 Å². The van der Waals surface area contributed by atoms with E-state index in [4.69, 9.17) is 4.74 Å². The van der Waals surface area contributed by atoms with E-state index in [2.05, 4.69) is 31.2 Å². The van der Waals surface area contributed by atoms with Crippen molar-refractivity contribution in [3.63, 3.8) is 0 Å². The normalized spacial score (nSPS) is 11.2. The third-order valence-corrected chi connectivity index (χ3v) is 5.39. The molecule has 0 bridgehead atoms. The highest BCUT2D eigenvalue weighted by molar-refractivity contribution is 9.10. The summed E-state index contributed by atoms with van der Waals surface area (Å²) in [6, 6.07) is 14.1. The van der Waals surface area contributed by atoms with E-state index >= 15 is 0 Å². The first-order valence-corrected chi connectivity index (χ1v) is 10.9. The van der Waals surface area contributed by atoms with E-state index in [0.717, 1.165) is 10.0 Å². The maximum Gasteiger partial charge on any atom is 0.274 e. The highest BCUT2D eigenvalue weighted by Crippen LogP contribution is 2.24. The van der Waals surface area contributed by atoms with Crippen LogP contribution in [0.25, 0.3) is 5.78 Å². The molecule has 8 nitrogen and oxygen atoms in total. The van der Waals surface area contributed by atoms with Crippen molar-refractivity contribution in [1.82, 2.24) is 19.2 Å². The van der Waals surface area contributed by atoms with Crippen LogP contribution in [0.1, 0.15) is 41.5 Å². The van der Waals surface area contributed by atoms with Crippen molar-refractivity contribution in [2.75, 3.05) is 5.32 Å². The van der Waals surface area contributed by atoms with Crippen LogP contribution in [0, 0.1) is 6.92 Å². The number of carbonyl (C=O) groups is 1. The van der Waals surface area contributed by atoms with Crippen LogP contribution in [-0.4, -0.2) is 25.1 Å². The van der Waals surface area contributed by atoms with Gasteiger partial charge in [-0.3, -0.25) is 14.3 Å². The van der Waals surface area contributed by atoms with Crippen molar-refractivity contribution >= 4 is 33.3 Å². The Bertz CT molecular complexity index is 1360. The van der Waals surface area contributed by atoms with Crippen LogP contribution in [0.5, 0.6) is 5.75 Å². The number of aryl methyl sites for hydroxylation is 1. The second-order valence-corrected chi connectivity index (χ2v) is 8.56. The Hall–Kier alpha value is -3.46. The number of benzene rings is 2. The molecule has 164 valence electrons. The number of nitrogens with one attached hydrogen (secondary N) is 1. The Balaban J connectivity index is 1.51. The molecule has 2 aromatic carbocycles. The van der Waals surface area contributed by atoms with E-state index in [-0.39, 0.29) is 24.1 Å². The van der Waals surface area contributed by atoms with Crippen molar-refractivity contribution in [3.05, 3.63) is 86.5 Å². The zero-order valence-corrected chi connectivity index (χ0v) is 19.5. The summed E-state index contributed by atoms with van der Waals surface area (Å²) in [5.41, 5.74) is 2.31. The van der Waals surface area contributed by atoms with Crippen molar-refractivity contribution in [2.24, 2.45) is 0 Å². The van der Waals surface area contributed by atoms with Crippen molar-refractivity contribution < 1.29 is 9.53 Å². The van der Waals surface area contributed by atoms with E-state index < -0.39 is 0 Å². The maximum absolute atomic E-state index is 12.6. The van der Waals surface area contributed by atoms with E-state index in [1.54, 1.807) is 35.3 Å². The predicted molar refractivity (Wildman–Crippen MR) is 125 cm³/mol. The molecule has 0 saturated carbocycles. The quantitative estimate of drug-likeness (QED) is 0.428. The van der Waals surface area contributed by atoms with Crippen LogP contribution in [0.4, 0.5) is 5.69 Å². The lowest BCUT2D eigenvalue weighted by Gasteiger charge is -2.12. The number of aromatic nitrogens is 4. The molecular formula is C23H22BrN5O3. The lowest BCUT2D eigenvalue weighted by atomic mass is 10.1. The molecule has 9 heteroatoms. The molecular weight excluding hydrogens is 474 g/mol. The van der Waals surface area contributed by atoms with E-state index in [0.29, 0.717) is 28.5 Å². The smallest absolute Gasteiger partial charge is 0.274 e. The average molecular weight is 496 g/mol. The molecule has 0 unspecified atom stereocenters. The number of carbonyl (C=O) groups excluding carboxylic acids is 1. The first kappa shape index (κ1) is 21.8. The molecule has 32 heavy (non-hydrogen) atoms. The van der Waals surface area contributed by atoms with Gasteiger partial charge >= 0.3 is 0 Å². The van der Waals surface area contributed by atoms with Gasteiger partial charge in [-0.05, 0) is 50.6 Å². The third-order valence-electron chi connectivity index (χ3n) is 4.89. The molecule has 0 fully saturated rings. The maximum atomic E-state index is 12.6. The first-order chi connectivity index (χ1) is 15.3. The fraction of sp³-hybridized carbons (Fsp3) is 0.217. The van der Waals surface area contributed by atoms with Gasteiger partial charge in [0, 0.05) is 33.9 Å². The Labute approximate surface area is 193 Å². The predicted octanol–water partition coefficient (Wildman–Crippen LogP) is 4.37.